The van der Waals surface area contributed by atoms with Gasteiger partial charge in [0.1, 0.15) is 0 Å². The summed E-state index contributed by atoms with van der Waals surface area (Å²) in [7, 11) is 0. The topological polar surface area (TPSA) is 121 Å². The maximum Gasteiger partial charge on any atom is 0.311 e. The van der Waals surface area contributed by atoms with E-state index in [2.05, 4.69) is 43.4 Å². The van der Waals surface area contributed by atoms with Gasteiger partial charge in [-0.2, -0.15) is 0 Å². The van der Waals surface area contributed by atoms with Crippen molar-refractivity contribution >= 4 is 29.7 Å². The molecule has 0 aromatic heterocycles. The lowest BCUT2D eigenvalue weighted by atomic mass is 10.1. The molecule has 0 aliphatic rings. The highest BCUT2D eigenvalue weighted by atomic mass is 16.5. The average Bonchev–Trinajstić information content (AvgIpc) is 3.03. The lowest BCUT2D eigenvalue weighted by Gasteiger charge is -2.06. The summed E-state index contributed by atoms with van der Waals surface area (Å²) in [6, 6.07) is 8.52. The van der Waals surface area contributed by atoms with E-state index in [0.29, 0.717) is 17.5 Å². The molecule has 0 aliphatic carbocycles. The number of carbonyl (C=O) groups excluding carboxylic acids is 3. The van der Waals surface area contributed by atoms with Gasteiger partial charge in [-0.05, 0) is 86.1 Å². The first-order chi connectivity index (χ1) is 22.3. The van der Waals surface area contributed by atoms with E-state index in [0.717, 1.165) is 25.7 Å². The van der Waals surface area contributed by atoms with Crippen molar-refractivity contribution in [1.29, 1.82) is 0 Å². The van der Waals surface area contributed by atoms with Crippen LogP contribution >= 0.6 is 0 Å². The maximum atomic E-state index is 12.2. The molecule has 0 amide bonds. The van der Waals surface area contributed by atoms with Crippen molar-refractivity contribution in [2.45, 2.75) is 90.4 Å². The summed E-state index contributed by atoms with van der Waals surface area (Å²) in [4.78, 5) is 36.5. The summed E-state index contributed by atoms with van der Waals surface area (Å²) in [5.41, 5.74) is 0.993. The minimum absolute atomic E-state index is 0.0377. The van der Waals surface area contributed by atoms with Gasteiger partial charge in [0.15, 0.2) is 34.6 Å². The third-order valence-electron chi connectivity index (χ3n) is 7.00. The molecule has 0 fully saturated rings. The third-order valence-corrected chi connectivity index (χ3v) is 7.00. The number of rotatable bonds is 22. The van der Waals surface area contributed by atoms with Crippen LogP contribution in [0.4, 0.5) is 0 Å². The molecule has 2 aromatic rings. The van der Waals surface area contributed by atoms with Crippen LogP contribution in [0.2, 0.25) is 0 Å². The number of allylic oxidation sites excluding steroid dienone is 8. The highest BCUT2D eigenvalue weighted by Crippen LogP contribution is 2.28. The van der Waals surface area contributed by atoms with Gasteiger partial charge in [0.2, 0.25) is 0 Å². The molecule has 0 saturated heterocycles. The number of esters is 1. The van der Waals surface area contributed by atoms with Crippen molar-refractivity contribution in [3.63, 3.8) is 0 Å². The van der Waals surface area contributed by atoms with E-state index in [1.54, 1.807) is 6.07 Å². The predicted molar refractivity (Wildman–Crippen MR) is 185 cm³/mol. The van der Waals surface area contributed by atoms with Gasteiger partial charge in [-0.15, -0.1) is 0 Å². The van der Waals surface area contributed by atoms with E-state index < -0.39 is 17.5 Å². The highest BCUT2D eigenvalue weighted by Gasteiger charge is 2.10. The van der Waals surface area contributed by atoms with Crippen LogP contribution < -0.4 is 4.74 Å². The SMILES string of the molecule is CCCCCCCC/C=C\C/C=C\C/C=C\CCCC(=O)Oc1ccc(/C=C/C(=O)CC(=O)/C=C/c2ccc(O)c(O)c2)cc1O. The molecule has 0 heterocycles. The molecule has 246 valence electrons. The van der Waals surface area contributed by atoms with E-state index in [4.69, 9.17) is 4.74 Å². The average molecular weight is 629 g/mol. The Bertz CT molecular complexity index is 1400. The Balaban J connectivity index is 1.61. The Morgan fingerprint density at radius 3 is 1.78 bits per heavy atom. The van der Waals surface area contributed by atoms with E-state index in [1.807, 2.05) is 0 Å². The smallest absolute Gasteiger partial charge is 0.311 e. The fourth-order valence-corrected chi connectivity index (χ4v) is 4.39. The summed E-state index contributed by atoms with van der Waals surface area (Å²) >= 11 is 0. The largest absolute Gasteiger partial charge is 0.504 e. The molecule has 2 aromatic carbocycles. The van der Waals surface area contributed by atoms with E-state index in [-0.39, 0.29) is 35.8 Å². The van der Waals surface area contributed by atoms with E-state index >= 15 is 0 Å². The molecule has 2 rings (SSSR count). The number of unbranched alkanes of at least 4 members (excludes halogenated alkanes) is 7. The predicted octanol–water partition coefficient (Wildman–Crippen LogP) is 9.33. The van der Waals surface area contributed by atoms with Crippen molar-refractivity contribution in [2.75, 3.05) is 0 Å². The van der Waals surface area contributed by atoms with Gasteiger partial charge in [0, 0.05) is 6.42 Å². The van der Waals surface area contributed by atoms with Crippen LogP contribution in [0.1, 0.15) is 102 Å². The Labute approximate surface area is 273 Å². The second-order valence-electron chi connectivity index (χ2n) is 11.1. The van der Waals surface area contributed by atoms with Crippen LogP contribution in [-0.2, 0) is 14.4 Å². The molecule has 0 radical (unpaired) electrons. The highest BCUT2D eigenvalue weighted by molar-refractivity contribution is 6.10. The van der Waals surface area contributed by atoms with Crippen LogP contribution in [0.25, 0.3) is 12.2 Å². The second kappa shape index (κ2) is 22.8. The lowest BCUT2D eigenvalue weighted by molar-refractivity contribution is -0.134. The molecule has 0 atom stereocenters. The third kappa shape index (κ3) is 17.0. The van der Waals surface area contributed by atoms with Crippen LogP contribution in [-0.4, -0.2) is 32.9 Å². The van der Waals surface area contributed by atoms with Gasteiger partial charge in [0.05, 0.1) is 6.42 Å². The number of ether oxygens (including phenoxy) is 1. The van der Waals surface area contributed by atoms with Crippen molar-refractivity contribution in [2.24, 2.45) is 0 Å². The molecule has 0 bridgehead atoms. The molecular formula is C39H48O7. The Kier molecular flexibility index (Phi) is 18.6. The van der Waals surface area contributed by atoms with E-state index in [9.17, 15) is 29.7 Å². The molecule has 0 saturated carbocycles. The first-order valence-electron chi connectivity index (χ1n) is 16.2. The molecule has 0 aliphatic heterocycles. The molecular weight excluding hydrogens is 580 g/mol. The number of ketones is 2. The summed E-state index contributed by atoms with van der Waals surface area (Å²) in [5.74, 6) is -2.08. The zero-order valence-corrected chi connectivity index (χ0v) is 26.9. The Morgan fingerprint density at radius 2 is 1.17 bits per heavy atom. The Morgan fingerprint density at radius 1 is 0.630 bits per heavy atom. The van der Waals surface area contributed by atoms with Crippen molar-refractivity contribution < 1.29 is 34.4 Å². The number of benzene rings is 2. The molecule has 7 nitrogen and oxygen atoms in total. The van der Waals surface area contributed by atoms with Crippen molar-refractivity contribution in [1.82, 2.24) is 0 Å². The molecule has 3 N–H and O–H groups in total. The van der Waals surface area contributed by atoms with Crippen molar-refractivity contribution in [3.8, 4) is 23.0 Å². The fraction of sp³-hybridized carbons (Fsp3) is 0.359. The van der Waals surface area contributed by atoms with Gasteiger partial charge >= 0.3 is 5.97 Å². The summed E-state index contributed by atoms with van der Waals surface area (Å²) in [6.45, 7) is 2.24. The number of carbonyl (C=O) groups is 3. The van der Waals surface area contributed by atoms with Crippen LogP contribution in [0, 0.1) is 0 Å². The molecule has 0 spiro atoms. The van der Waals surface area contributed by atoms with Gasteiger partial charge < -0.3 is 20.1 Å². The van der Waals surface area contributed by atoms with Crippen molar-refractivity contribution in [3.05, 3.63) is 96.1 Å². The lowest BCUT2D eigenvalue weighted by Crippen LogP contribution is -2.07. The van der Waals surface area contributed by atoms with E-state index in [1.165, 1.54) is 93.2 Å². The molecule has 46 heavy (non-hydrogen) atoms. The minimum Gasteiger partial charge on any atom is -0.504 e. The van der Waals surface area contributed by atoms with Crippen LogP contribution in [0.15, 0.2) is 85.0 Å². The quantitative estimate of drug-likeness (QED) is 0.0226. The van der Waals surface area contributed by atoms with Crippen LogP contribution in [0.3, 0.4) is 0 Å². The minimum atomic E-state index is -0.441. The number of hydrogen-bond acceptors (Lipinski definition) is 7. The summed E-state index contributed by atoms with van der Waals surface area (Å²) in [6.07, 6.45) is 30.5. The number of phenolic OH excluding ortho intramolecular Hbond substituents is 3. The maximum absolute atomic E-state index is 12.2. The van der Waals surface area contributed by atoms with Gasteiger partial charge in [0.25, 0.3) is 0 Å². The summed E-state index contributed by atoms with van der Waals surface area (Å²) in [5, 5.41) is 29.1. The van der Waals surface area contributed by atoms with Crippen LogP contribution in [0.5, 0.6) is 23.0 Å². The van der Waals surface area contributed by atoms with Gasteiger partial charge in [-0.3, -0.25) is 14.4 Å². The Hall–Kier alpha value is -4.65. The van der Waals surface area contributed by atoms with Gasteiger partial charge in [-0.1, -0.05) is 99.8 Å². The second-order valence-corrected chi connectivity index (χ2v) is 11.1. The first kappa shape index (κ1) is 37.5. The normalized spacial score (nSPS) is 11.9. The molecule has 7 heteroatoms. The monoisotopic (exact) mass is 628 g/mol. The standard InChI is InChI=1S/C39H48O7/c1-2-3-4-5-6-7-8-9-10-11-12-13-14-15-16-17-18-19-39(45)46-38-27-23-32(29-37(38)44)21-25-34(41)30-33(40)24-20-31-22-26-35(42)36(43)28-31/h9-10,12-13,15-16,20-29,42-44H,2-8,11,14,17-19,30H2,1H3/b10-9-,13-12-,16-15-,24-20+,25-21+. The zero-order chi connectivity index (χ0) is 33.4. The number of aromatic hydroxyl groups is 3. The summed E-state index contributed by atoms with van der Waals surface area (Å²) < 4.78 is 5.28. The van der Waals surface area contributed by atoms with Gasteiger partial charge in [-0.25, -0.2) is 0 Å². The number of hydrogen-bond donors (Lipinski definition) is 3. The molecule has 0 unspecified atom stereocenters. The fourth-order valence-electron chi connectivity index (χ4n) is 4.39. The zero-order valence-electron chi connectivity index (χ0n) is 26.9. The first-order valence-corrected chi connectivity index (χ1v) is 16.2. The number of phenols is 3.